The number of halogens is 1. The van der Waals surface area contributed by atoms with Crippen LogP contribution in [0.4, 0.5) is 0 Å². The van der Waals surface area contributed by atoms with E-state index < -0.39 is 0 Å². The van der Waals surface area contributed by atoms with Gasteiger partial charge in [0.05, 0.1) is 0 Å². The van der Waals surface area contributed by atoms with Gasteiger partial charge in [-0.15, -0.1) is 0 Å². The standard InChI is InChI=1S/C11H12IN3/c1-2-4-10-13-11(15-14-10)8-5-3-6-9(12)7-8/h3,5-7H,2,4H2,1H3,(H,13,14,15). The van der Waals surface area contributed by atoms with Crippen LogP contribution in [0, 0.1) is 3.57 Å². The number of H-pyrrole nitrogens is 1. The van der Waals surface area contributed by atoms with Crippen molar-refractivity contribution in [1.29, 1.82) is 0 Å². The van der Waals surface area contributed by atoms with E-state index in [2.05, 4.69) is 56.8 Å². The van der Waals surface area contributed by atoms with Gasteiger partial charge in [-0.1, -0.05) is 19.1 Å². The SMILES string of the molecule is CCCc1nc(-c2cccc(I)c2)n[nH]1. The van der Waals surface area contributed by atoms with Crippen molar-refractivity contribution in [2.45, 2.75) is 19.8 Å². The zero-order valence-corrected chi connectivity index (χ0v) is 10.7. The van der Waals surface area contributed by atoms with Crippen LogP contribution < -0.4 is 0 Å². The van der Waals surface area contributed by atoms with E-state index in [0.29, 0.717) is 0 Å². The Bertz CT molecular complexity index is 451. The highest BCUT2D eigenvalue weighted by Gasteiger charge is 2.04. The number of aromatic nitrogens is 3. The molecule has 0 fully saturated rings. The number of hydrogen-bond donors (Lipinski definition) is 1. The van der Waals surface area contributed by atoms with Gasteiger partial charge in [-0.3, -0.25) is 5.10 Å². The number of hydrogen-bond acceptors (Lipinski definition) is 2. The van der Waals surface area contributed by atoms with Gasteiger partial charge in [-0.25, -0.2) is 4.98 Å². The lowest BCUT2D eigenvalue weighted by Crippen LogP contribution is -1.85. The largest absolute Gasteiger partial charge is 0.263 e. The lowest BCUT2D eigenvalue weighted by atomic mass is 10.2. The van der Waals surface area contributed by atoms with Crippen molar-refractivity contribution in [1.82, 2.24) is 15.2 Å². The molecular weight excluding hydrogens is 301 g/mol. The molecule has 1 aromatic heterocycles. The third-order valence-electron chi connectivity index (χ3n) is 2.10. The summed E-state index contributed by atoms with van der Waals surface area (Å²) < 4.78 is 1.20. The summed E-state index contributed by atoms with van der Waals surface area (Å²) in [7, 11) is 0. The average Bonchev–Trinajstić information content (AvgIpc) is 2.67. The fourth-order valence-corrected chi connectivity index (χ4v) is 1.94. The molecule has 0 atom stereocenters. The van der Waals surface area contributed by atoms with Crippen molar-refractivity contribution >= 4 is 22.6 Å². The Morgan fingerprint density at radius 1 is 1.40 bits per heavy atom. The zero-order valence-electron chi connectivity index (χ0n) is 8.50. The molecule has 0 radical (unpaired) electrons. The fraction of sp³-hybridized carbons (Fsp3) is 0.273. The molecule has 2 aromatic rings. The summed E-state index contributed by atoms with van der Waals surface area (Å²) in [6.07, 6.45) is 2.04. The minimum Gasteiger partial charge on any atom is -0.263 e. The Labute approximate surface area is 102 Å². The zero-order chi connectivity index (χ0) is 10.7. The number of aromatic amines is 1. The minimum atomic E-state index is 0.789. The van der Waals surface area contributed by atoms with Gasteiger partial charge in [0.1, 0.15) is 5.82 Å². The Morgan fingerprint density at radius 3 is 3.00 bits per heavy atom. The number of nitrogens with one attached hydrogen (secondary N) is 1. The van der Waals surface area contributed by atoms with Gasteiger partial charge in [0, 0.05) is 15.6 Å². The molecule has 0 spiro atoms. The highest BCUT2D eigenvalue weighted by molar-refractivity contribution is 14.1. The molecular formula is C11H12IN3. The van der Waals surface area contributed by atoms with Crippen LogP contribution in [-0.4, -0.2) is 15.2 Å². The van der Waals surface area contributed by atoms with Gasteiger partial charge in [-0.2, -0.15) is 5.10 Å². The van der Waals surface area contributed by atoms with E-state index in [4.69, 9.17) is 0 Å². The molecule has 0 aliphatic heterocycles. The number of aryl methyl sites for hydroxylation is 1. The molecule has 0 unspecified atom stereocenters. The maximum Gasteiger partial charge on any atom is 0.181 e. The summed E-state index contributed by atoms with van der Waals surface area (Å²) in [4.78, 5) is 4.44. The van der Waals surface area contributed by atoms with Gasteiger partial charge in [0.15, 0.2) is 5.82 Å². The van der Waals surface area contributed by atoms with Crippen molar-refractivity contribution < 1.29 is 0 Å². The van der Waals surface area contributed by atoms with Gasteiger partial charge in [0.2, 0.25) is 0 Å². The number of nitrogens with zero attached hydrogens (tertiary/aromatic N) is 2. The lowest BCUT2D eigenvalue weighted by Gasteiger charge is -1.94. The number of benzene rings is 1. The van der Waals surface area contributed by atoms with Crippen molar-refractivity contribution in [3.05, 3.63) is 33.7 Å². The second-order valence-corrected chi connectivity index (χ2v) is 4.61. The van der Waals surface area contributed by atoms with Gasteiger partial charge in [-0.05, 0) is 41.1 Å². The van der Waals surface area contributed by atoms with E-state index >= 15 is 0 Å². The molecule has 2 rings (SSSR count). The minimum absolute atomic E-state index is 0.789. The quantitative estimate of drug-likeness (QED) is 0.885. The van der Waals surface area contributed by atoms with E-state index in [-0.39, 0.29) is 0 Å². The van der Waals surface area contributed by atoms with Crippen molar-refractivity contribution in [3.8, 4) is 11.4 Å². The smallest absolute Gasteiger partial charge is 0.181 e. The molecule has 0 aliphatic carbocycles. The first-order chi connectivity index (χ1) is 7.29. The summed E-state index contributed by atoms with van der Waals surface area (Å²) in [5.74, 6) is 1.75. The molecule has 3 nitrogen and oxygen atoms in total. The molecule has 78 valence electrons. The summed E-state index contributed by atoms with van der Waals surface area (Å²) in [5, 5.41) is 7.17. The summed E-state index contributed by atoms with van der Waals surface area (Å²) in [6, 6.07) is 8.19. The molecule has 0 bridgehead atoms. The van der Waals surface area contributed by atoms with Crippen LogP contribution >= 0.6 is 22.6 Å². The molecule has 0 saturated carbocycles. The van der Waals surface area contributed by atoms with Crippen LogP contribution in [0.15, 0.2) is 24.3 Å². The topological polar surface area (TPSA) is 41.6 Å². The third-order valence-corrected chi connectivity index (χ3v) is 2.77. The molecule has 4 heteroatoms. The maximum absolute atomic E-state index is 4.44. The van der Waals surface area contributed by atoms with Gasteiger partial charge >= 0.3 is 0 Å². The lowest BCUT2D eigenvalue weighted by molar-refractivity contribution is 0.841. The van der Waals surface area contributed by atoms with Crippen LogP contribution in [0.25, 0.3) is 11.4 Å². The second-order valence-electron chi connectivity index (χ2n) is 3.37. The van der Waals surface area contributed by atoms with E-state index in [9.17, 15) is 0 Å². The monoisotopic (exact) mass is 313 g/mol. The molecule has 0 saturated heterocycles. The highest BCUT2D eigenvalue weighted by atomic mass is 127. The van der Waals surface area contributed by atoms with E-state index in [1.54, 1.807) is 0 Å². The maximum atomic E-state index is 4.44. The van der Waals surface area contributed by atoms with Crippen molar-refractivity contribution in [3.63, 3.8) is 0 Å². The molecule has 1 aromatic carbocycles. The second kappa shape index (κ2) is 4.74. The first kappa shape index (κ1) is 10.6. The van der Waals surface area contributed by atoms with Crippen molar-refractivity contribution in [2.24, 2.45) is 0 Å². The molecule has 0 amide bonds. The Hall–Kier alpha value is -0.910. The first-order valence-electron chi connectivity index (χ1n) is 4.97. The first-order valence-corrected chi connectivity index (χ1v) is 6.04. The van der Waals surface area contributed by atoms with Crippen LogP contribution in [0.5, 0.6) is 0 Å². The van der Waals surface area contributed by atoms with E-state index in [1.165, 1.54) is 3.57 Å². The molecule has 0 aliphatic rings. The van der Waals surface area contributed by atoms with Crippen LogP contribution in [0.3, 0.4) is 0 Å². The molecule has 1 heterocycles. The summed E-state index contributed by atoms with van der Waals surface area (Å²) in [5.41, 5.74) is 1.07. The van der Waals surface area contributed by atoms with Gasteiger partial charge < -0.3 is 0 Å². The van der Waals surface area contributed by atoms with E-state index in [0.717, 1.165) is 30.1 Å². The predicted molar refractivity (Wildman–Crippen MR) is 68.5 cm³/mol. The van der Waals surface area contributed by atoms with Gasteiger partial charge in [0.25, 0.3) is 0 Å². The van der Waals surface area contributed by atoms with Crippen LogP contribution in [-0.2, 0) is 6.42 Å². The third kappa shape index (κ3) is 2.56. The molecule has 1 N–H and O–H groups in total. The summed E-state index contributed by atoms with van der Waals surface area (Å²) >= 11 is 2.29. The Morgan fingerprint density at radius 2 is 2.27 bits per heavy atom. The van der Waals surface area contributed by atoms with Crippen LogP contribution in [0.1, 0.15) is 19.2 Å². The fourth-order valence-electron chi connectivity index (χ4n) is 1.40. The Balaban J connectivity index is 2.29. The summed E-state index contributed by atoms with van der Waals surface area (Å²) in [6.45, 7) is 2.13. The van der Waals surface area contributed by atoms with Crippen molar-refractivity contribution in [2.75, 3.05) is 0 Å². The average molecular weight is 313 g/mol. The van der Waals surface area contributed by atoms with E-state index in [1.807, 2.05) is 12.1 Å². The van der Waals surface area contributed by atoms with Crippen LogP contribution in [0.2, 0.25) is 0 Å². The highest BCUT2D eigenvalue weighted by Crippen LogP contribution is 2.17. The normalized spacial score (nSPS) is 10.5. The predicted octanol–water partition coefficient (Wildman–Crippen LogP) is 3.03. The number of rotatable bonds is 3. The molecule has 15 heavy (non-hydrogen) atoms. The Kier molecular flexibility index (Phi) is 3.35.